The molecule has 0 saturated heterocycles. The molecule has 0 fully saturated rings. The van der Waals surface area contributed by atoms with Gasteiger partial charge < -0.3 is 0 Å². The molecule has 0 N–H and O–H groups in total. The van der Waals surface area contributed by atoms with Crippen molar-refractivity contribution in [2.24, 2.45) is 0 Å². The third-order valence-corrected chi connectivity index (χ3v) is 8.78. The van der Waals surface area contributed by atoms with Gasteiger partial charge in [-0.05, 0) is 59.6 Å². The SMILES string of the molecule is CCCCCCCCCCCCc1c(CCCCCCCCCC)cc(-c2ccc(-c3ccccc3)cc2)c(F)c1F. The molecule has 0 spiro atoms. The number of hydrogen-bond donors (Lipinski definition) is 0. The third kappa shape index (κ3) is 11.7. The van der Waals surface area contributed by atoms with Gasteiger partial charge >= 0.3 is 0 Å². The van der Waals surface area contributed by atoms with Gasteiger partial charge in [0, 0.05) is 5.56 Å². The zero-order chi connectivity index (χ0) is 29.8. The zero-order valence-electron chi connectivity index (χ0n) is 26.7. The predicted molar refractivity (Wildman–Crippen MR) is 179 cm³/mol. The minimum Gasteiger partial charge on any atom is -0.203 e. The average molecular weight is 575 g/mol. The summed E-state index contributed by atoms with van der Waals surface area (Å²) in [6.45, 7) is 4.51. The number of unbranched alkanes of at least 4 members (excludes halogenated alkanes) is 16. The van der Waals surface area contributed by atoms with E-state index in [2.05, 4.69) is 26.0 Å². The molecule has 0 radical (unpaired) electrons. The van der Waals surface area contributed by atoms with Crippen LogP contribution in [0.2, 0.25) is 0 Å². The van der Waals surface area contributed by atoms with Crippen LogP contribution in [0.1, 0.15) is 141 Å². The second-order valence-electron chi connectivity index (χ2n) is 12.3. The average Bonchev–Trinajstić information content (AvgIpc) is 3.02. The topological polar surface area (TPSA) is 0 Å². The van der Waals surface area contributed by atoms with E-state index < -0.39 is 11.6 Å². The molecule has 0 saturated carbocycles. The van der Waals surface area contributed by atoms with E-state index in [4.69, 9.17) is 0 Å². The molecule has 0 nitrogen and oxygen atoms in total. The Bertz CT molecular complexity index is 1120. The van der Waals surface area contributed by atoms with Crippen LogP contribution in [0, 0.1) is 11.6 Å². The quantitative estimate of drug-likeness (QED) is 0.105. The fraction of sp³-hybridized carbons (Fsp3) is 0.550. The smallest absolute Gasteiger partial charge is 0.166 e. The van der Waals surface area contributed by atoms with Gasteiger partial charge in [-0.15, -0.1) is 0 Å². The van der Waals surface area contributed by atoms with Crippen LogP contribution in [-0.2, 0) is 12.8 Å². The van der Waals surface area contributed by atoms with E-state index in [9.17, 15) is 0 Å². The second-order valence-corrected chi connectivity index (χ2v) is 12.3. The highest BCUT2D eigenvalue weighted by atomic mass is 19.2. The summed E-state index contributed by atoms with van der Waals surface area (Å²) in [6, 6.07) is 20.0. The first kappa shape index (κ1) is 34.0. The molecule has 3 aromatic rings. The van der Waals surface area contributed by atoms with Crippen LogP contribution in [0.3, 0.4) is 0 Å². The fourth-order valence-corrected chi connectivity index (χ4v) is 6.13. The second kappa shape index (κ2) is 20.4. The van der Waals surface area contributed by atoms with E-state index in [-0.39, 0.29) is 0 Å². The molecule has 0 unspecified atom stereocenters. The van der Waals surface area contributed by atoms with Gasteiger partial charge in [0.1, 0.15) is 0 Å². The molecule has 0 aliphatic heterocycles. The highest BCUT2D eigenvalue weighted by Gasteiger charge is 2.19. The van der Waals surface area contributed by atoms with Crippen LogP contribution in [-0.4, -0.2) is 0 Å². The van der Waals surface area contributed by atoms with Crippen molar-refractivity contribution < 1.29 is 8.78 Å². The standard InChI is InChI=1S/C40H56F2/c1-3-5-7-9-11-13-14-16-18-23-27-37-36(26-20-17-15-12-10-8-6-4-2)32-38(40(42)39(37)41)35-30-28-34(29-31-35)33-24-21-19-22-25-33/h19,21-22,24-25,28-32H,3-18,20,23,26-27H2,1-2H3. The summed E-state index contributed by atoms with van der Waals surface area (Å²) in [5, 5.41) is 0. The third-order valence-electron chi connectivity index (χ3n) is 8.78. The van der Waals surface area contributed by atoms with Gasteiger partial charge in [0.05, 0.1) is 0 Å². The maximum absolute atomic E-state index is 15.7. The van der Waals surface area contributed by atoms with Crippen molar-refractivity contribution in [2.75, 3.05) is 0 Å². The number of hydrogen-bond acceptors (Lipinski definition) is 0. The van der Waals surface area contributed by atoms with Crippen molar-refractivity contribution in [1.29, 1.82) is 0 Å². The Morgan fingerprint density at radius 2 is 0.857 bits per heavy atom. The minimum atomic E-state index is -0.691. The lowest BCUT2D eigenvalue weighted by molar-refractivity contribution is 0.493. The van der Waals surface area contributed by atoms with Crippen molar-refractivity contribution in [3.8, 4) is 22.3 Å². The van der Waals surface area contributed by atoms with E-state index >= 15 is 8.78 Å². The number of halogens is 2. The molecular formula is C40H56F2. The first-order valence-electron chi connectivity index (χ1n) is 17.3. The number of rotatable bonds is 22. The molecule has 2 heteroatoms. The molecule has 0 aliphatic rings. The van der Waals surface area contributed by atoms with Crippen molar-refractivity contribution >= 4 is 0 Å². The maximum Gasteiger partial charge on any atom is 0.166 e. The lowest BCUT2D eigenvalue weighted by Gasteiger charge is -2.16. The Labute approximate surface area is 256 Å². The molecular weight excluding hydrogens is 518 g/mol. The lowest BCUT2D eigenvalue weighted by Crippen LogP contribution is -2.05. The first-order valence-corrected chi connectivity index (χ1v) is 17.3. The van der Waals surface area contributed by atoms with Crippen LogP contribution in [0.15, 0.2) is 60.7 Å². The van der Waals surface area contributed by atoms with Gasteiger partial charge in [-0.3, -0.25) is 0 Å². The van der Waals surface area contributed by atoms with Crippen molar-refractivity contribution in [1.82, 2.24) is 0 Å². The Kier molecular flexibility index (Phi) is 16.5. The largest absolute Gasteiger partial charge is 0.203 e. The molecule has 0 aromatic heterocycles. The molecule has 0 heterocycles. The molecule has 0 aliphatic carbocycles. The van der Waals surface area contributed by atoms with Gasteiger partial charge in [0.2, 0.25) is 0 Å². The summed E-state index contributed by atoms with van der Waals surface area (Å²) in [6.07, 6.45) is 23.9. The summed E-state index contributed by atoms with van der Waals surface area (Å²) in [7, 11) is 0. The zero-order valence-corrected chi connectivity index (χ0v) is 26.7. The molecule has 3 rings (SSSR count). The van der Waals surface area contributed by atoms with Crippen molar-refractivity contribution in [3.63, 3.8) is 0 Å². The summed E-state index contributed by atoms with van der Waals surface area (Å²) >= 11 is 0. The molecule has 0 atom stereocenters. The molecule has 3 aromatic carbocycles. The van der Waals surface area contributed by atoms with E-state index in [1.54, 1.807) is 0 Å². The number of aryl methyl sites for hydroxylation is 1. The van der Waals surface area contributed by atoms with Crippen LogP contribution < -0.4 is 0 Å². The number of benzene rings is 3. The van der Waals surface area contributed by atoms with E-state index in [0.717, 1.165) is 54.4 Å². The van der Waals surface area contributed by atoms with E-state index in [1.807, 2.05) is 48.5 Å². The van der Waals surface area contributed by atoms with Gasteiger partial charge in [0.15, 0.2) is 11.6 Å². The summed E-state index contributed by atoms with van der Waals surface area (Å²) in [5.41, 5.74) is 4.98. The fourth-order valence-electron chi connectivity index (χ4n) is 6.13. The van der Waals surface area contributed by atoms with Crippen LogP contribution >= 0.6 is 0 Å². The van der Waals surface area contributed by atoms with Gasteiger partial charge in [-0.25, -0.2) is 8.78 Å². The Hall–Kier alpha value is -2.48. The van der Waals surface area contributed by atoms with E-state index in [1.165, 1.54) is 89.9 Å². The molecule has 230 valence electrons. The Morgan fingerprint density at radius 3 is 1.38 bits per heavy atom. The Morgan fingerprint density at radius 1 is 0.429 bits per heavy atom. The minimum absolute atomic E-state index is 0.397. The monoisotopic (exact) mass is 574 g/mol. The Balaban J connectivity index is 1.64. The van der Waals surface area contributed by atoms with Gasteiger partial charge in [0.25, 0.3) is 0 Å². The van der Waals surface area contributed by atoms with Crippen molar-refractivity contribution in [3.05, 3.63) is 83.4 Å². The van der Waals surface area contributed by atoms with Crippen LogP contribution in [0.4, 0.5) is 8.78 Å². The van der Waals surface area contributed by atoms with E-state index in [0.29, 0.717) is 17.5 Å². The molecule has 0 amide bonds. The highest BCUT2D eigenvalue weighted by Crippen LogP contribution is 2.33. The van der Waals surface area contributed by atoms with Crippen molar-refractivity contribution in [2.45, 2.75) is 142 Å². The summed E-state index contributed by atoms with van der Waals surface area (Å²) < 4.78 is 31.3. The lowest BCUT2D eigenvalue weighted by atomic mass is 9.91. The van der Waals surface area contributed by atoms with Gasteiger partial charge in [-0.2, -0.15) is 0 Å². The normalized spacial score (nSPS) is 11.3. The van der Waals surface area contributed by atoms with Crippen LogP contribution in [0.25, 0.3) is 22.3 Å². The molecule has 0 bridgehead atoms. The predicted octanol–water partition coefficient (Wildman–Crippen LogP) is 13.4. The van der Waals surface area contributed by atoms with Gasteiger partial charge in [-0.1, -0.05) is 171 Å². The maximum atomic E-state index is 15.7. The summed E-state index contributed by atoms with van der Waals surface area (Å²) in [4.78, 5) is 0. The molecule has 42 heavy (non-hydrogen) atoms. The highest BCUT2D eigenvalue weighted by molar-refractivity contribution is 5.71. The first-order chi connectivity index (χ1) is 20.7. The summed E-state index contributed by atoms with van der Waals surface area (Å²) in [5.74, 6) is -1.31. The van der Waals surface area contributed by atoms with Crippen LogP contribution in [0.5, 0.6) is 0 Å².